The molecule has 2 rings (SSSR count). The Hall–Kier alpha value is -2.18. The number of nitrogens with one attached hydrogen (secondary N) is 1. The lowest BCUT2D eigenvalue weighted by Gasteiger charge is -2.10. The Bertz CT molecular complexity index is 706. The molecule has 0 radical (unpaired) electrons. The van der Waals surface area contributed by atoms with Crippen LogP contribution in [0.2, 0.25) is 5.02 Å². The van der Waals surface area contributed by atoms with Crippen molar-refractivity contribution in [3.05, 3.63) is 53.6 Å². The summed E-state index contributed by atoms with van der Waals surface area (Å²) in [5, 5.41) is 3.28. The van der Waals surface area contributed by atoms with Crippen LogP contribution in [0.15, 0.2) is 53.4 Å². The SMILES string of the molecule is CSc1ccccc1NC(=O)COC(=O)COc1ccc(Cl)cc1. The number of carbonyl (C=O) groups excluding carboxylic acids is 2. The van der Waals surface area contributed by atoms with Crippen molar-refractivity contribution < 1.29 is 19.1 Å². The van der Waals surface area contributed by atoms with Crippen LogP contribution >= 0.6 is 23.4 Å². The van der Waals surface area contributed by atoms with Gasteiger partial charge in [-0.15, -0.1) is 11.8 Å². The van der Waals surface area contributed by atoms with E-state index in [4.69, 9.17) is 21.1 Å². The summed E-state index contributed by atoms with van der Waals surface area (Å²) in [6.07, 6.45) is 1.92. The number of esters is 1. The fraction of sp³-hybridized carbons (Fsp3) is 0.176. The zero-order valence-electron chi connectivity index (χ0n) is 13.0. The van der Waals surface area contributed by atoms with Gasteiger partial charge in [-0.25, -0.2) is 4.79 Å². The van der Waals surface area contributed by atoms with E-state index in [2.05, 4.69) is 5.32 Å². The second-order valence-electron chi connectivity index (χ2n) is 4.65. The first kappa shape index (κ1) is 18.2. The highest BCUT2D eigenvalue weighted by Gasteiger charge is 2.10. The molecule has 0 aliphatic heterocycles. The summed E-state index contributed by atoms with van der Waals surface area (Å²) in [6, 6.07) is 14.0. The predicted molar refractivity (Wildman–Crippen MR) is 94.8 cm³/mol. The average Bonchev–Trinajstić information content (AvgIpc) is 2.60. The molecule has 0 bridgehead atoms. The van der Waals surface area contributed by atoms with E-state index in [-0.39, 0.29) is 13.2 Å². The zero-order valence-corrected chi connectivity index (χ0v) is 14.5. The lowest BCUT2D eigenvalue weighted by atomic mass is 10.3. The Morgan fingerprint density at radius 3 is 2.50 bits per heavy atom. The van der Waals surface area contributed by atoms with E-state index in [1.165, 1.54) is 11.8 Å². The molecule has 24 heavy (non-hydrogen) atoms. The molecule has 0 aliphatic carbocycles. The molecule has 0 saturated carbocycles. The fourth-order valence-electron chi connectivity index (χ4n) is 1.79. The first-order valence-corrected chi connectivity index (χ1v) is 8.65. The minimum absolute atomic E-state index is 0.281. The molecule has 1 N–H and O–H groups in total. The van der Waals surface area contributed by atoms with Crippen LogP contribution < -0.4 is 10.1 Å². The maximum Gasteiger partial charge on any atom is 0.344 e. The number of thioether (sulfide) groups is 1. The highest BCUT2D eigenvalue weighted by molar-refractivity contribution is 7.98. The van der Waals surface area contributed by atoms with Crippen molar-refractivity contribution in [2.75, 3.05) is 24.8 Å². The molecular weight excluding hydrogens is 350 g/mol. The van der Waals surface area contributed by atoms with Crippen LogP contribution in [0.3, 0.4) is 0 Å². The fourth-order valence-corrected chi connectivity index (χ4v) is 2.47. The number of amides is 1. The monoisotopic (exact) mass is 365 g/mol. The van der Waals surface area contributed by atoms with Crippen LogP contribution in [-0.2, 0) is 14.3 Å². The number of para-hydroxylation sites is 1. The van der Waals surface area contributed by atoms with Gasteiger partial charge in [0.15, 0.2) is 13.2 Å². The van der Waals surface area contributed by atoms with Crippen LogP contribution in [0.5, 0.6) is 5.75 Å². The lowest BCUT2D eigenvalue weighted by molar-refractivity contribution is -0.149. The van der Waals surface area contributed by atoms with Crippen LogP contribution in [0.4, 0.5) is 5.69 Å². The Morgan fingerprint density at radius 2 is 1.79 bits per heavy atom. The second-order valence-corrected chi connectivity index (χ2v) is 5.94. The van der Waals surface area contributed by atoms with Crippen LogP contribution in [0.1, 0.15) is 0 Å². The molecule has 0 spiro atoms. The summed E-state index contributed by atoms with van der Waals surface area (Å²) in [6.45, 7) is -0.651. The highest BCUT2D eigenvalue weighted by atomic mass is 35.5. The van der Waals surface area contributed by atoms with E-state index >= 15 is 0 Å². The van der Waals surface area contributed by atoms with Gasteiger partial charge in [-0.05, 0) is 42.7 Å². The minimum Gasteiger partial charge on any atom is -0.482 e. The molecule has 1 amide bonds. The standard InChI is InChI=1S/C17H16ClNO4S/c1-24-15-5-3-2-4-14(15)19-16(20)10-23-17(21)11-22-13-8-6-12(18)7-9-13/h2-9H,10-11H2,1H3,(H,19,20). The van der Waals surface area contributed by atoms with Crippen LogP contribution in [-0.4, -0.2) is 31.3 Å². The number of rotatable bonds is 7. The number of hydrogen-bond donors (Lipinski definition) is 1. The summed E-state index contributed by atoms with van der Waals surface area (Å²) >= 11 is 7.27. The molecule has 2 aromatic rings. The van der Waals surface area contributed by atoms with E-state index in [1.807, 2.05) is 24.5 Å². The van der Waals surface area contributed by atoms with Gasteiger partial charge in [0, 0.05) is 9.92 Å². The van der Waals surface area contributed by atoms with Crippen molar-refractivity contribution in [2.24, 2.45) is 0 Å². The molecule has 7 heteroatoms. The van der Waals surface area contributed by atoms with Gasteiger partial charge >= 0.3 is 5.97 Å². The first-order chi connectivity index (χ1) is 11.6. The van der Waals surface area contributed by atoms with E-state index in [0.717, 1.165) is 4.90 Å². The van der Waals surface area contributed by atoms with Crippen molar-refractivity contribution in [2.45, 2.75) is 4.90 Å². The number of benzene rings is 2. The smallest absolute Gasteiger partial charge is 0.344 e. The average molecular weight is 366 g/mol. The van der Waals surface area contributed by atoms with Crippen molar-refractivity contribution in [3.63, 3.8) is 0 Å². The molecule has 2 aromatic carbocycles. The maximum atomic E-state index is 11.8. The molecule has 126 valence electrons. The largest absolute Gasteiger partial charge is 0.482 e. The number of ether oxygens (including phenoxy) is 2. The van der Waals surface area contributed by atoms with Gasteiger partial charge in [-0.1, -0.05) is 23.7 Å². The topological polar surface area (TPSA) is 64.6 Å². The van der Waals surface area contributed by atoms with Crippen molar-refractivity contribution in [3.8, 4) is 5.75 Å². The molecular formula is C17H16ClNO4S. The zero-order chi connectivity index (χ0) is 17.4. The maximum absolute atomic E-state index is 11.8. The Morgan fingerprint density at radius 1 is 1.08 bits per heavy atom. The van der Waals surface area contributed by atoms with Gasteiger partial charge in [0.25, 0.3) is 5.91 Å². The number of halogens is 1. The highest BCUT2D eigenvalue weighted by Crippen LogP contribution is 2.24. The number of hydrogen-bond acceptors (Lipinski definition) is 5. The Balaban J connectivity index is 1.74. The van der Waals surface area contributed by atoms with Gasteiger partial charge in [0.05, 0.1) is 5.69 Å². The Kier molecular flexibility index (Phi) is 6.96. The summed E-state index contributed by atoms with van der Waals surface area (Å²) in [4.78, 5) is 24.4. The van der Waals surface area contributed by atoms with Crippen molar-refractivity contribution >= 4 is 40.9 Å². The normalized spacial score (nSPS) is 10.1. The first-order valence-electron chi connectivity index (χ1n) is 7.05. The third kappa shape index (κ3) is 5.79. The Labute approximate surface area is 149 Å². The third-order valence-electron chi connectivity index (χ3n) is 2.92. The molecule has 0 heterocycles. The molecule has 0 atom stereocenters. The van der Waals surface area contributed by atoms with Crippen molar-refractivity contribution in [1.82, 2.24) is 0 Å². The quantitative estimate of drug-likeness (QED) is 0.599. The van der Waals surface area contributed by atoms with Crippen LogP contribution in [0.25, 0.3) is 0 Å². The van der Waals surface area contributed by atoms with Gasteiger partial charge in [-0.2, -0.15) is 0 Å². The molecule has 0 saturated heterocycles. The molecule has 0 aromatic heterocycles. The van der Waals surface area contributed by atoms with Crippen LogP contribution in [0, 0.1) is 0 Å². The van der Waals surface area contributed by atoms with E-state index in [0.29, 0.717) is 16.5 Å². The summed E-state index contributed by atoms with van der Waals surface area (Å²) in [7, 11) is 0. The number of anilines is 1. The van der Waals surface area contributed by atoms with Gasteiger partial charge < -0.3 is 14.8 Å². The van der Waals surface area contributed by atoms with E-state index in [1.54, 1.807) is 30.3 Å². The van der Waals surface area contributed by atoms with Gasteiger partial charge in [-0.3, -0.25) is 4.79 Å². The third-order valence-corrected chi connectivity index (χ3v) is 3.96. The molecule has 0 fully saturated rings. The van der Waals surface area contributed by atoms with Gasteiger partial charge in [0.1, 0.15) is 5.75 Å². The minimum atomic E-state index is -0.627. The molecule has 5 nitrogen and oxygen atoms in total. The molecule has 0 unspecified atom stereocenters. The predicted octanol–water partition coefficient (Wildman–Crippen LogP) is 3.62. The summed E-state index contributed by atoms with van der Waals surface area (Å²) in [5.74, 6) is -0.538. The summed E-state index contributed by atoms with van der Waals surface area (Å²) in [5.41, 5.74) is 0.684. The lowest BCUT2D eigenvalue weighted by Crippen LogP contribution is -2.23. The number of carbonyl (C=O) groups is 2. The summed E-state index contributed by atoms with van der Waals surface area (Å²) < 4.78 is 10.1. The van der Waals surface area contributed by atoms with E-state index < -0.39 is 11.9 Å². The molecule has 0 aliphatic rings. The van der Waals surface area contributed by atoms with Crippen molar-refractivity contribution in [1.29, 1.82) is 0 Å². The van der Waals surface area contributed by atoms with Gasteiger partial charge in [0.2, 0.25) is 0 Å². The van der Waals surface area contributed by atoms with E-state index in [9.17, 15) is 9.59 Å². The second kappa shape index (κ2) is 9.20.